The monoisotopic (exact) mass is 230 g/mol. The highest BCUT2D eigenvalue weighted by Crippen LogP contribution is 2.18. The van der Waals surface area contributed by atoms with E-state index in [-0.39, 0.29) is 5.91 Å². The Morgan fingerprint density at radius 3 is 2.93 bits per heavy atom. The van der Waals surface area contributed by atoms with E-state index in [4.69, 9.17) is 5.73 Å². The number of carbonyl (C=O) groups excluding carboxylic acids is 1. The average Bonchev–Trinajstić information content (AvgIpc) is 2.19. The third-order valence-electron chi connectivity index (χ3n) is 2.78. The molecule has 2 unspecified atom stereocenters. The molecule has 1 heterocycles. The van der Waals surface area contributed by atoms with Crippen molar-refractivity contribution in [1.82, 2.24) is 5.32 Å². The van der Waals surface area contributed by atoms with Crippen LogP contribution in [-0.4, -0.2) is 29.0 Å². The summed E-state index contributed by atoms with van der Waals surface area (Å²) in [6, 6.07) is 0.330. The van der Waals surface area contributed by atoms with Gasteiger partial charge >= 0.3 is 0 Å². The average molecular weight is 230 g/mol. The van der Waals surface area contributed by atoms with E-state index in [1.807, 2.05) is 18.7 Å². The minimum absolute atomic E-state index is 0.0110. The highest BCUT2D eigenvalue weighted by molar-refractivity contribution is 7.99. The SMILES string of the molecule is CCCC(C)(N)C(=O)NC1CCCSC1. The van der Waals surface area contributed by atoms with Gasteiger partial charge in [0.2, 0.25) is 5.91 Å². The van der Waals surface area contributed by atoms with Crippen molar-refractivity contribution in [3.05, 3.63) is 0 Å². The first-order valence-corrected chi connectivity index (χ1v) is 6.89. The van der Waals surface area contributed by atoms with Crippen molar-refractivity contribution in [1.29, 1.82) is 0 Å². The number of hydrogen-bond donors (Lipinski definition) is 2. The fourth-order valence-corrected chi connectivity index (χ4v) is 2.91. The first-order chi connectivity index (χ1) is 7.06. The number of nitrogens with two attached hydrogens (primary N) is 1. The van der Waals surface area contributed by atoms with Gasteiger partial charge < -0.3 is 11.1 Å². The van der Waals surface area contributed by atoms with Gasteiger partial charge in [0.1, 0.15) is 0 Å². The van der Waals surface area contributed by atoms with Crippen molar-refractivity contribution < 1.29 is 4.79 Å². The molecule has 0 aromatic rings. The molecular formula is C11H22N2OS. The van der Waals surface area contributed by atoms with Gasteiger partial charge in [-0.3, -0.25) is 4.79 Å². The van der Waals surface area contributed by atoms with Crippen LogP contribution in [-0.2, 0) is 4.79 Å². The maximum Gasteiger partial charge on any atom is 0.240 e. The van der Waals surface area contributed by atoms with Crippen LogP contribution in [0.5, 0.6) is 0 Å². The molecule has 1 amide bonds. The van der Waals surface area contributed by atoms with Gasteiger partial charge in [0.05, 0.1) is 5.54 Å². The van der Waals surface area contributed by atoms with E-state index < -0.39 is 5.54 Å². The van der Waals surface area contributed by atoms with Crippen LogP contribution in [0.2, 0.25) is 0 Å². The third kappa shape index (κ3) is 4.03. The van der Waals surface area contributed by atoms with Crippen LogP contribution in [0.1, 0.15) is 39.5 Å². The Labute approximate surface area is 96.6 Å². The highest BCUT2D eigenvalue weighted by atomic mass is 32.2. The summed E-state index contributed by atoms with van der Waals surface area (Å²) in [4.78, 5) is 11.9. The van der Waals surface area contributed by atoms with Crippen molar-refractivity contribution in [2.24, 2.45) is 5.73 Å². The first-order valence-electron chi connectivity index (χ1n) is 5.74. The fraction of sp³-hybridized carbons (Fsp3) is 0.909. The van der Waals surface area contributed by atoms with Gasteiger partial charge in [0.15, 0.2) is 0 Å². The molecule has 0 aromatic heterocycles. The molecule has 0 saturated carbocycles. The smallest absolute Gasteiger partial charge is 0.240 e. The zero-order chi connectivity index (χ0) is 11.3. The van der Waals surface area contributed by atoms with E-state index in [1.54, 1.807) is 0 Å². The molecule has 0 aromatic carbocycles. The summed E-state index contributed by atoms with van der Waals surface area (Å²) in [6.07, 6.45) is 3.99. The second kappa shape index (κ2) is 5.75. The Morgan fingerprint density at radius 1 is 1.67 bits per heavy atom. The van der Waals surface area contributed by atoms with Crippen molar-refractivity contribution in [3.63, 3.8) is 0 Å². The van der Waals surface area contributed by atoms with Gasteiger partial charge in [0.25, 0.3) is 0 Å². The number of thioether (sulfide) groups is 1. The van der Waals surface area contributed by atoms with Crippen molar-refractivity contribution >= 4 is 17.7 Å². The van der Waals surface area contributed by atoms with Crippen molar-refractivity contribution in [2.45, 2.75) is 51.1 Å². The molecule has 1 aliphatic rings. The molecular weight excluding hydrogens is 208 g/mol. The summed E-state index contributed by atoms with van der Waals surface area (Å²) in [5.74, 6) is 2.27. The summed E-state index contributed by atoms with van der Waals surface area (Å²) >= 11 is 1.91. The topological polar surface area (TPSA) is 55.1 Å². The Kier molecular flexibility index (Phi) is 4.93. The van der Waals surface area contributed by atoms with Crippen molar-refractivity contribution in [3.8, 4) is 0 Å². The number of carbonyl (C=O) groups is 1. The molecule has 3 N–H and O–H groups in total. The number of amides is 1. The van der Waals surface area contributed by atoms with Crippen LogP contribution in [0, 0.1) is 0 Å². The second-order valence-corrected chi connectivity index (χ2v) is 5.70. The summed E-state index contributed by atoms with van der Waals surface area (Å²) < 4.78 is 0. The van der Waals surface area contributed by atoms with E-state index >= 15 is 0 Å². The van der Waals surface area contributed by atoms with Crippen LogP contribution < -0.4 is 11.1 Å². The Morgan fingerprint density at radius 2 is 2.40 bits per heavy atom. The molecule has 2 atom stereocenters. The molecule has 0 radical (unpaired) electrons. The predicted octanol–water partition coefficient (Wildman–Crippen LogP) is 1.52. The van der Waals surface area contributed by atoms with E-state index in [0.717, 1.165) is 25.0 Å². The van der Waals surface area contributed by atoms with Crippen LogP contribution >= 0.6 is 11.8 Å². The van der Waals surface area contributed by atoms with Gasteiger partial charge in [-0.1, -0.05) is 13.3 Å². The lowest BCUT2D eigenvalue weighted by Crippen LogP contribution is -2.54. The van der Waals surface area contributed by atoms with Gasteiger partial charge in [-0.25, -0.2) is 0 Å². The van der Waals surface area contributed by atoms with Crippen LogP contribution in [0.3, 0.4) is 0 Å². The van der Waals surface area contributed by atoms with Crippen molar-refractivity contribution in [2.75, 3.05) is 11.5 Å². The number of nitrogens with one attached hydrogen (secondary N) is 1. The fourth-order valence-electron chi connectivity index (χ4n) is 1.84. The Bertz CT molecular complexity index is 213. The molecule has 1 fully saturated rings. The quantitative estimate of drug-likeness (QED) is 0.770. The standard InChI is InChI=1S/C11H22N2OS/c1-3-6-11(2,12)10(14)13-9-5-4-7-15-8-9/h9H,3-8,12H2,1-2H3,(H,13,14). The molecule has 15 heavy (non-hydrogen) atoms. The molecule has 1 saturated heterocycles. The van der Waals surface area contributed by atoms with E-state index in [9.17, 15) is 4.79 Å². The Hall–Kier alpha value is -0.220. The van der Waals surface area contributed by atoms with Crippen LogP contribution in [0.4, 0.5) is 0 Å². The molecule has 0 bridgehead atoms. The van der Waals surface area contributed by atoms with Crippen LogP contribution in [0.15, 0.2) is 0 Å². The molecule has 1 rings (SSSR count). The van der Waals surface area contributed by atoms with E-state index in [1.165, 1.54) is 12.2 Å². The highest BCUT2D eigenvalue weighted by Gasteiger charge is 2.29. The maximum absolute atomic E-state index is 11.9. The lowest BCUT2D eigenvalue weighted by molar-refractivity contribution is -0.126. The lowest BCUT2D eigenvalue weighted by Gasteiger charge is -2.28. The number of rotatable bonds is 4. The minimum atomic E-state index is -0.698. The summed E-state index contributed by atoms with van der Waals surface area (Å²) in [5.41, 5.74) is 5.27. The molecule has 0 aliphatic carbocycles. The largest absolute Gasteiger partial charge is 0.351 e. The zero-order valence-corrected chi connectivity index (χ0v) is 10.5. The van der Waals surface area contributed by atoms with Crippen LogP contribution in [0.25, 0.3) is 0 Å². The predicted molar refractivity (Wildman–Crippen MR) is 66.0 cm³/mol. The van der Waals surface area contributed by atoms with E-state index in [0.29, 0.717) is 6.04 Å². The molecule has 4 heteroatoms. The molecule has 88 valence electrons. The zero-order valence-electron chi connectivity index (χ0n) is 9.71. The normalized spacial score (nSPS) is 25.7. The van der Waals surface area contributed by atoms with Gasteiger partial charge in [-0.2, -0.15) is 11.8 Å². The van der Waals surface area contributed by atoms with E-state index in [2.05, 4.69) is 12.2 Å². The second-order valence-electron chi connectivity index (χ2n) is 4.55. The summed E-state index contributed by atoms with van der Waals surface area (Å²) in [7, 11) is 0. The maximum atomic E-state index is 11.9. The minimum Gasteiger partial charge on any atom is -0.351 e. The first kappa shape index (κ1) is 12.8. The Balaban J connectivity index is 2.39. The molecule has 3 nitrogen and oxygen atoms in total. The summed E-state index contributed by atoms with van der Waals surface area (Å²) in [6.45, 7) is 3.87. The third-order valence-corrected chi connectivity index (χ3v) is 4.00. The summed E-state index contributed by atoms with van der Waals surface area (Å²) in [5, 5.41) is 3.06. The van der Waals surface area contributed by atoms with Gasteiger partial charge in [0, 0.05) is 11.8 Å². The van der Waals surface area contributed by atoms with Gasteiger partial charge in [-0.05, 0) is 31.9 Å². The number of hydrogen-bond acceptors (Lipinski definition) is 3. The lowest BCUT2D eigenvalue weighted by atomic mass is 9.96. The molecule has 1 aliphatic heterocycles. The van der Waals surface area contributed by atoms with Gasteiger partial charge in [-0.15, -0.1) is 0 Å². The molecule has 0 spiro atoms.